The third-order valence-electron chi connectivity index (χ3n) is 3.53. The first-order valence-electron chi connectivity index (χ1n) is 6.69. The van der Waals surface area contributed by atoms with E-state index in [1.807, 2.05) is 12.1 Å². The zero-order chi connectivity index (χ0) is 13.2. The largest absolute Gasteiger partial charge is 0.315 e. The molecule has 2 N–H and O–H groups in total. The van der Waals surface area contributed by atoms with Gasteiger partial charge in [-0.2, -0.15) is 0 Å². The summed E-state index contributed by atoms with van der Waals surface area (Å²) in [5.41, 5.74) is 1.27. The van der Waals surface area contributed by atoms with Crippen molar-refractivity contribution in [2.45, 2.75) is 39.3 Å². The molecule has 2 atom stereocenters. The minimum absolute atomic E-state index is 0.112. The Bertz CT molecular complexity index is 374. The molecule has 1 aliphatic rings. The van der Waals surface area contributed by atoms with Gasteiger partial charge in [0.25, 0.3) is 0 Å². The molecule has 0 aliphatic carbocycles. The zero-order valence-corrected chi connectivity index (χ0v) is 11.5. The van der Waals surface area contributed by atoms with Gasteiger partial charge in [0.2, 0.25) is 0 Å². The van der Waals surface area contributed by atoms with Gasteiger partial charge in [-0.05, 0) is 36.1 Å². The molecule has 1 aromatic rings. The van der Waals surface area contributed by atoms with E-state index >= 15 is 0 Å². The van der Waals surface area contributed by atoms with Crippen LogP contribution >= 0.6 is 0 Å². The molecule has 100 valence electrons. The van der Waals surface area contributed by atoms with Gasteiger partial charge < -0.3 is 10.6 Å². The minimum atomic E-state index is -0.172. The predicted molar refractivity (Wildman–Crippen MR) is 73.0 cm³/mol. The molecule has 1 aliphatic heterocycles. The lowest BCUT2D eigenvalue weighted by atomic mass is 9.82. The van der Waals surface area contributed by atoms with Crippen LogP contribution < -0.4 is 10.6 Å². The second-order valence-corrected chi connectivity index (χ2v) is 6.21. The molecule has 0 radical (unpaired) electrons. The number of halogens is 1. The fourth-order valence-electron chi connectivity index (χ4n) is 2.53. The summed E-state index contributed by atoms with van der Waals surface area (Å²) in [6, 6.07) is 7.63. The van der Waals surface area contributed by atoms with Crippen LogP contribution in [0.1, 0.15) is 38.8 Å². The van der Waals surface area contributed by atoms with Gasteiger partial charge in [-0.3, -0.25) is 0 Å². The highest BCUT2D eigenvalue weighted by molar-refractivity contribution is 5.22. The van der Waals surface area contributed by atoms with E-state index in [0.29, 0.717) is 6.04 Å². The van der Waals surface area contributed by atoms with Crippen LogP contribution in [0.15, 0.2) is 24.3 Å². The molecule has 0 aromatic heterocycles. The van der Waals surface area contributed by atoms with E-state index in [1.54, 1.807) is 12.1 Å². The van der Waals surface area contributed by atoms with Crippen LogP contribution in [-0.2, 0) is 0 Å². The van der Waals surface area contributed by atoms with Crippen molar-refractivity contribution in [3.05, 3.63) is 35.6 Å². The molecule has 3 heteroatoms. The average molecular weight is 250 g/mol. The Morgan fingerprint density at radius 1 is 1.28 bits per heavy atom. The highest BCUT2D eigenvalue weighted by atomic mass is 19.1. The third kappa shape index (κ3) is 3.30. The molecule has 1 saturated heterocycles. The van der Waals surface area contributed by atoms with Gasteiger partial charge in [0.1, 0.15) is 5.82 Å². The lowest BCUT2D eigenvalue weighted by molar-refractivity contribution is 0.253. The summed E-state index contributed by atoms with van der Waals surface area (Å²) in [5.74, 6) is -0.172. The van der Waals surface area contributed by atoms with Crippen molar-refractivity contribution in [2.75, 3.05) is 13.1 Å². The van der Waals surface area contributed by atoms with Crippen LogP contribution in [0.5, 0.6) is 0 Å². The van der Waals surface area contributed by atoms with Gasteiger partial charge in [0, 0.05) is 18.6 Å². The van der Waals surface area contributed by atoms with Crippen LogP contribution in [0.25, 0.3) is 0 Å². The van der Waals surface area contributed by atoms with Crippen LogP contribution in [-0.4, -0.2) is 19.1 Å². The monoisotopic (exact) mass is 250 g/mol. The van der Waals surface area contributed by atoms with E-state index in [4.69, 9.17) is 0 Å². The van der Waals surface area contributed by atoms with Gasteiger partial charge >= 0.3 is 0 Å². The number of hydrogen-bond donors (Lipinski definition) is 2. The standard InChI is InChI=1S/C15H23FN2/c1-15(2,3)14(18-13-8-9-17-10-13)11-4-6-12(16)7-5-11/h4-7,13-14,17-18H,8-10H2,1-3H3. The Morgan fingerprint density at radius 3 is 2.44 bits per heavy atom. The Kier molecular flexibility index (Phi) is 4.03. The highest BCUT2D eigenvalue weighted by Gasteiger charge is 2.29. The predicted octanol–water partition coefficient (Wildman–Crippen LogP) is 2.86. The summed E-state index contributed by atoms with van der Waals surface area (Å²) in [6.07, 6.45) is 1.16. The van der Waals surface area contributed by atoms with Gasteiger partial charge in [0.05, 0.1) is 0 Å². The van der Waals surface area contributed by atoms with Crippen LogP contribution in [0.4, 0.5) is 4.39 Å². The van der Waals surface area contributed by atoms with Crippen molar-refractivity contribution in [1.82, 2.24) is 10.6 Å². The van der Waals surface area contributed by atoms with Gasteiger partial charge in [-0.15, -0.1) is 0 Å². The number of nitrogens with one attached hydrogen (secondary N) is 2. The topological polar surface area (TPSA) is 24.1 Å². The molecule has 2 nitrogen and oxygen atoms in total. The van der Waals surface area contributed by atoms with Crippen LogP contribution in [0.2, 0.25) is 0 Å². The minimum Gasteiger partial charge on any atom is -0.315 e. The van der Waals surface area contributed by atoms with Crippen molar-refractivity contribution in [2.24, 2.45) is 5.41 Å². The lowest BCUT2D eigenvalue weighted by Gasteiger charge is -2.34. The molecule has 0 spiro atoms. The quantitative estimate of drug-likeness (QED) is 0.862. The molecule has 18 heavy (non-hydrogen) atoms. The second-order valence-electron chi connectivity index (χ2n) is 6.21. The maximum Gasteiger partial charge on any atom is 0.123 e. The Balaban J connectivity index is 2.16. The van der Waals surface area contributed by atoms with Crippen LogP contribution in [0, 0.1) is 11.2 Å². The summed E-state index contributed by atoms with van der Waals surface area (Å²) in [5, 5.41) is 7.07. The smallest absolute Gasteiger partial charge is 0.123 e. The van der Waals surface area contributed by atoms with E-state index in [-0.39, 0.29) is 17.3 Å². The molecule has 0 saturated carbocycles. The molecule has 1 heterocycles. The maximum atomic E-state index is 13.0. The maximum absolute atomic E-state index is 13.0. The molecular weight excluding hydrogens is 227 g/mol. The first kappa shape index (κ1) is 13.5. The summed E-state index contributed by atoms with van der Waals surface area (Å²) in [4.78, 5) is 0. The van der Waals surface area contributed by atoms with E-state index in [2.05, 4.69) is 31.4 Å². The highest BCUT2D eigenvalue weighted by Crippen LogP contribution is 2.33. The molecule has 1 fully saturated rings. The van der Waals surface area contributed by atoms with Gasteiger partial charge in [-0.25, -0.2) is 4.39 Å². The number of rotatable bonds is 3. The Hall–Kier alpha value is -0.930. The number of hydrogen-bond acceptors (Lipinski definition) is 2. The molecule has 1 aromatic carbocycles. The van der Waals surface area contributed by atoms with E-state index < -0.39 is 0 Å². The second kappa shape index (κ2) is 5.37. The van der Waals surface area contributed by atoms with Gasteiger partial charge in [-0.1, -0.05) is 32.9 Å². The normalized spacial score (nSPS) is 22.1. The van der Waals surface area contributed by atoms with Crippen molar-refractivity contribution < 1.29 is 4.39 Å². The Labute approximate surface area is 109 Å². The van der Waals surface area contributed by atoms with E-state index in [9.17, 15) is 4.39 Å². The van der Waals surface area contributed by atoms with Crippen molar-refractivity contribution in [1.29, 1.82) is 0 Å². The molecule has 2 unspecified atom stereocenters. The average Bonchev–Trinajstić information content (AvgIpc) is 2.79. The SMILES string of the molecule is CC(C)(C)C(NC1CCNC1)c1ccc(F)cc1. The Morgan fingerprint density at radius 2 is 1.94 bits per heavy atom. The van der Waals surface area contributed by atoms with Crippen LogP contribution in [0.3, 0.4) is 0 Å². The number of benzene rings is 1. The first-order valence-corrected chi connectivity index (χ1v) is 6.69. The fraction of sp³-hybridized carbons (Fsp3) is 0.600. The molecule has 2 rings (SSSR count). The van der Waals surface area contributed by atoms with Crippen molar-refractivity contribution in [3.8, 4) is 0 Å². The zero-order valence-electron chi connectivity index (χ0n) is 11.5. The summed E-state index contributed by atoms with van der Waals surface area (Å²) >= 11 is 0. The third-order valence-corrected chi connectivity index (χ3v) is 3.53. The molecule has 0 amide bonds. The summed E-state index contributed by atoms with van der Waals surface area (Å²) < 4.78 is 13.0. The van der Waals surface area contributed by atoms with Gasteiger partial charge in [0.15, 0.2) is 0 Å². The summed E-state index contributed by atoms with van der Waals surface area (Å²) in [6.45, 7) is 8.76. The summed E-state index contributed by atoms with van der Waals surface area (Å²) in [7, 11) is 0. The van der Waals surface area contributed by atoms with E-state index in [0.717, 1.165) is 25.1 Å². The van der Waals surface area contributed by atoms with Crippen molar-refractivity contribution >= 4 is 0 Å². The lowest BCUT2D eigenvalue weighted by Crippen LogP contribution is -2.40. The first-order chi connectivity index (χ1) is 8.47. The molecule has 0 bridgehead atoms. The van der Waals surface area contributed by atoms with Crippen molar-refractivity contribution in [3.63, 3.8) is 0 Å². The molecular formula is C15H23FN2. The van der Waals surface area contributed by atoms with E-state index in [1.165, 1.54) is 0 Å². The fourth-order valence-corrected chi connectivity index (χ4v) is 2.53.